The molecule has 1 rings (SSSR count). The van der Waals surface area contributed by atoms with Gasteiger partial charge in [0.25, 0.3) is 5.69 Å². The Bertz CT molecular complexity index is 568. The van der Waals surface area contributed by atoms with Crippen molar-refractivity contribution in [3.05, 3.63) is 46.0 Å². The molecule has 0 N–H and O–H groups in total. The van der Waals surface area contributed by atoms with Gasteiger partial charge in [0.1, 0.15) is 6.54 Å². The van der Waals surface area contributed by atoms with Gasteiger partial charge in [-0.25, -0.2) is 0 Å². The highest BCUT2D eigenvalue weighted by atomic mass is 16.6. The topological polar surface area (TPSA) is 89.8 Å². The maximum atomic E-state index is 11.9. The zero-order valence-electron chi connectivity index (χ0n) is 11.8. The normalized spacial score (nSPS) is 10.4. The van der Waals surface area contributed by atoms with Crippen molar-refractivity contribution in [1.29, 1.82) is 0 Å². The first-order valence-electron chi connectivity index (χ1n) is 6.26. The van der Waals surface area contributed by atoms with Gasteiger partial charge in [-0.1, -0.05) is 12.1 Å². The minimum absolute atomic E-state index is 0.0495. The predicted molar refractivity (Wildman–Crippen MR) is 76.4 cm³/mol. The fourth-order valence-corrected chi connectivity index (χ4v) is 1.58. The number of methoxy groups -OCH3 is 1. The molecule has 0 aliphatic carbocycles. The number of hydrogen-bond donors (Lipinski definition) is 0. The Morgan fingerprint density at radius 1 is 1.43 bits per heavy atom. The molecule has 112 valence electrons. The lowest BCUT2D eigenvalue weighted by atomic mass is 10.2. The van der Waals surface area contributed by atoms with Crippen LogP contribution in [0.4, 0.5) is 5.69 Å². The molecule has 0 fully saturated rings. The average Bonchev–Trinajstić information content (AvgIpc) is 2.50. The smallest absolute Gasteiger partial charge is 0.325 e. The van der Waals surface area contributed by atoms with Crippen molar-refractivity contribution in [2.75, 3.05) is 20.2 Å². The summed E-state index contributed by atoms with van der Waals surface area (Å²) in [5.74, 6) is -0.872. The van der Waals surface area contributed by atoms with Crippen LogP contribution >= 0.6 is 0 Å². The number of rotatable bonds is 6. The second-order valence-electron chi connectivity index (χ2n) is 4.11. The molecule has 1 aromatic rings. The van der Waals surface area contributed by atoms with E-state index < -0.39 is 10.9 Å². The highest BCUT2D eigenvalue weighted by Gasteiger charge is 2.13. The van der Waals surface area contributed by atoms with Crippen molar-refractivity contribution in [2.24, 2.45) is 0 Å². The van der Waals surface area contributed by atoms with E-state index in [1.807, 2.05) is 0 Å². The molecule has 1 aromatic carbocycles. The van der Waals surface area contributed by atoms with E-state index >= 15 is 0 Å². The first-order chi connectivity index (χ1) is 9.97. The van der Waals surface area contributed by atoms with Gasteiger partial charge < -0.3 is 9.64 Å². The van der Waals surface area contributed by atoms with Crippen molar-refractivity contribution >= 4 is 23.6 Å². The summed E-state index contributed by atoms with van der Waals surface area (Å²) in [5.41, 5.74) is 0.484. The molecular formula is C14H16N2O5. The van der Waals surface area contributed by atoms with E-state index in [9.17, 15) is 19.7 Å². The molecule has 1 amide bonds. The van der Waals surface area contributed by atoms with Crippen LogP contribution in [0.2, 0.25) is 0 Å². The van der Waals surface area contributed by atoms with E-state index in [-0.39, 0.29) is 18.1 Å². The number of non-ortho nitro benzene ring substituents is 1. The Labute approximate surface area is 122 Å². The van der Waals surface area contributed by atoms with Crippen LogP contribution in [0, 0.1) is 10.1 Å². The first kappa shape index (κ1) is 16.4. The summed E-state index contributed by atoms with van der Waals surface area (Å²) in [6, 6.07) is 5.91. The number of nitrogens with zero attached hydrogens (tertiary/aromatic N) is 2. The molecule has 0 bridgehead atoms. The molecule has 0 atom stereocenters. The van der Waals surface area contributed by atoms with Crippen LogP contribution < -0.4 is 0 Å². The monoisotopic (exact) mass is 292 g/mol. The Hall–Kier alpha value is -2.70. The van der Waals surface area contributed by atoms with Gasteiger partial charge in [0.15, 0.2) is 0 Å². The number of benzene rings is 1. The van der Waals surface area contributed by atoms with Crippen LogP contribution in [0.3, 0.4) is 0 Å². The van der Waals surface area contributed by atoms with E-state index in [4.69, 9.17) is 0 Å². The molecule has 0 radical (unpaired) electrons. The van der Waals surface area contributed by atoms with Crippen LogP contribution in [0.1, 0.15) is 12.5 Å². The lowest BCUT2D eigenvalue weighted by Crippen LogP contribution is -2.34. The van der Waals surface area contributed by atoms with Gasteiger partial charge in [-0.05, 0) is 18.6 Å². The lowest BCUT2D eigenvalue weighted by Gasteiger charge is -2.17. The molecule has 0 unspecified atom stereocenters. The highest BCUT2D eigenvalue weighted by molar-refractivity contribution is 5.93. The number of likely N-dealkylation sites (N-methyl/N-ethyl adjacent to an activating group) is 1. The number of nitro groups is 1. The van der Waals surface area contributed by atoms with Crippen LogP contribution in [0.5, 0.6) is 0 Å². The maximum absolute atomic E-state index is 11.9. The summed E-state index contributed by atoms with van der Waals surface area (Å²) in [6.07, 6.45) is 2.74. The van der Waals surface area contributed by atoms with Crippen molar-refractivity contribution in [1.82, 2.24) is 4.90 Å². The number of carbonyl (C=O) groups is 2. The van der Waals surface area contributed by atoms with Gasteiger partial charge >= 0.3 is 5.97 Å². The molecule has 7 heteroatoms. The molecule has 0 aliphatic heterocycles. The first-order valence-corrected chi connectivity index (χ1v) is 6.26. The third kappa shape index (κ3) is 5.06. The van der Waals surface area contributed by atoms with Gasteiger partial charge in [-0.15, -0.1) is 0 Å². The number of amides is 1. The molecule has 0 spiro atoms. The average molecular weight is 292 g/mol. The number of nitro benzene ring substituents is 1. The quantitative estimate of drug-likeness (QED) is 0.344. The van der Waals surface area contributed by atoms with Gasteiger partial charge in [0.2, 0.25) is 5.91 Å². The molecule has 0 aromatic heterocycles. The van der Waals surface area contributed by atoms with Gasteiger partial charge in [-0.3, -0.25) is 19.7 Å². The Kier molecular flexibility index (Phi) is 6.06. The summed E-state index contributed by atoms with van der Waals surface area (Å²) in [6.45, 7) is 1.96. The second-order valence-corrected chi connectivity index (χ2v) is 4.11. The lowest BCUT2D eigenvalue weighted by molar-refractivity contribution is -0.384. The molecule has 0 saturated carbocycles. The minimum atomic E-state index is -0.506. The Balaban J connectivity index is 2.78. The second kappa shape index (κ2) is 7.78. The standard InChI is InChI=1S/C14H16N2O5/c1-3-15(10-14(18)21-2)13(17)8-7-11-5-4-6-12(9-11)16(19)20/h4-9H,3,10H2,1-2H3. The zero-order chi connectivity index (χ0) is 15.8. The summed E-state index contributed by atoms with van der Waals surface area (Å²) in [7, 11) is 1.25. The third-order valence-corrected chi connectivity index (χ3v) is 2.74. The van der Waals surface area contributed by atoms with Crippen molar-refractivity contribution < 1.29 is 19.2 Å². The van der Waals surface area contributed by atoms with Gasteiger partial charge in [-0.2, -0.15) is 0 Å². The fourth-order valence-electron chi connectivity index (χ4n) is 1.58. The van der Waals surface area contributed by atoms with Gasteiger partial charge in [0, 0.05) is 24.8 Å². The van der Waals surface area contributed by atoms with Crippen LogP contribution in [0.15, 0.2) is 30.3 Å². The maximum Gasteiger partial charge on any atom is 0.325 e. The van der Waals surface area contributed by atoms with Crippen LogP contribution in [-0.4, -0.2) is 41.9 Å². The third-order valence-electron chi connectivity index (χ3n) is 2.74. The SMILES string of the molecule is CCN(CC(=O)OC)C(=O)C=Cc1cccc([N+](=O)[O-])c1. The molecule has 21 heavy (non-hydrogen) atoms. The number of carbonyl (C=O) groups excluding carboxylic acids is 2. The van der Waals surface area contributed by atoms with Crippen LogP contribution in [-0.2, 0) is 14.3 Å². The van der Waals surface area contributed by atoms with Crippen molar-refractivity contribution in [3.63, 3.8) is 0 Å². The number of ether oxygens (including phenoxy) is 1. The molecule has 0 aliphatic rings. The Morgan fingerprint density at radius 2 is 2.14 bits per heavy atom. The molecule has 7 nitrogen and oxygen atoms in total. The molecule has 0 heterocycles. The number of esters is 1. The highest BCUT2D eigenvalue weighted by Crippen LogP contribution is 2.14. The minimum Gasteiger partial charge on any atom is -0.468 e. The van der Waals surface area contributed by atoms with E-state index in [1.54, 1.807) is 13.0 Å². The van der Waals surface area contributed by atoms with Gasteiger partial charge in [0.05, 0.1) is 12.0 Å². The van der Waals surface area contributed by atoms with Crippen molar-refractivity contribution in [2.45, 2.75) is 6.92 Å². The molecular weight excluding hydrogens is 276 g/mol. The summed E-state index contributed by atoms with van der Waals surface area (Å²) >= 11 is 0. The summed E-state index contributed by atoms with van der Waals surface area (Å²) in [4.78, 5) is 34.5. The van der Waals surface area contributed by atoms with Crippen molar-refractivity contribution in [3.8, 4) is 0 Å². The summed E-state index contributed by atoms with van der Waals surface area (Å²) in [5, 5.41) is 10.7. The summed E-state index contributed by atoms with van der Waals surface area (Å²) < 4.78 is 4.51. The van der Waals surface area contributed by atoms with E-state index in [2.05, 4.69) is 4.74 Å². The fraction of sp³-hybridized carbons (Fsp3) is 0.286. The van der Waals surface area contributed by atoms with E-state index in [1.165, 1.54) is 42.4 Å². The van der Waals surface area contributed by atoms with Crippen LogP contribution in [0.25, 0.3) is 6.08 Å². The number of hydrogen-bond acceptors (Lipinski definition) is 5. The largest absolute Gasteiger partial charge is 0.468 e. The molecule has 0 saturated heterocycles. The van der Waals surface area contributed by atoms with E-state index in [0.29, 0.717) is 12.1 Å². The zero-order valence-corrected chi connectivity index (χ0v) is 11.8. The van der Waals surface area contributed by atoms with E-state index in [0.717, 1.165) is 0 Å². The predicted octanol–water partition coefficient (Wildman–Crippen LogP) is 1.63. The Morgan fingerprint density at radius 3 is 2.71 bits per heavy atom.